The van der Waals surface area contributed by atoms with Crippen molar-refractivity contribution in [2.24, 2.45) is 0 Å². The Morgan fingerprint density at radius 1 is 1.05 bits per heavy atom. The minimum absolute atomic E-state index is 0.0460. The Morgan fingerprint density at radius 2 is 1.79 bits per heavy atom. The van der Waals surface area contributed by atoms with Gasteiger partial charge in [0.2, 0.25) is 5.95 Å². The zero-order valence-corrected chi connectivity index (χ0v) is 23.1. The molecule has 1 N–H and O–H groups in total. The van der Waals surface area contributed by atoms with E-state index in [9.17, 15) is 4.39 Å². The molecule has 0 aliphatic carbocycles. The number of likely N-dealkylation sites (tertiary alicyclic amines) is 1. The molecule has 1 saturated heterocycles. The fourth-order valence-electron chi connectivity index (χ4n) is 5.75. The van der Waals surface area contributed by atoms with Crippen LogP contribution in [-0.2, 0) is 0 Å². The number of anilines is 3. The number of piperidine rings is 1. The van der Waals surface area contributed by atoms with Gasteiger partial charge in [-0.2, -0.15) is 0 Å². The van der Waals surface area contributed by atoms with Crippen LogP contribution in [0.3, 0.4) is 0 Å². The summed E-state index contributed by atoms with van der Waals surface area (Å²) in [5.41, 5.74) is 1.96. The monoisotopic (exact) mass is 539 g/mol. The second kappa shape index (κ2) is 11.0. The first kappa shape index (κ1) is 27.2. The molecule has 0 bridgehead atoms. The maximum Gasteiger partial charge on any atom is 0.227 e. The summed E-state index contributed by atoms with van der Waals surface area (Å²) in [5.74, 6) is -1.14. The van der Waals surface area contributed by atoms with Crippen LogP contribution < -0.4 is 15.0 Å². The molecule has 208 valence electrons. The largest absolute Gasteiger partial charge is 0.486 e. The van der Waals surface area contributed by atoms with Crippen molar-refractivity contribution >= 4 is 17.3 Å². The van der Waals surface area contributed by atoms with Crippen LogP contribution in [0.1, 0.15) is 58.4 Å². The Bertz CT molecular complexity index is 1340. The quantitative estimate of drug-likeness (QED) is 0.368. The smallest absolute Gasteiger partial charge is 0.227 e. The van der Waals surface area contributed by atoms with Gasteiger partial charge in [0.05, 0.1) is 18.4 Å². The lowest BCUT2D eigenvalue weighted by Crippen LogP contribution is -2.43. The molecular weight excluding hydrogens is 503 g/mol. The van der Waals surface area contributed by atoms with Crippen LogP contribution in [0.5, 0.6) is 5.75 Å². The standard InChI is InChI=1S/C30H36F3N5O/c1-6-17(2)38-9-10-39-29-25(32)13-21(14-27(29)38)28-26(33)16-34-30(36-28)35-22-7-8-23(24(31)15-22)20-11-18(3)37(5)19(4)12-20/h7-8,13-20H,6,9-12H2,1-5H3,(H,34,35,36). The van der Waals surface area contributed by atoms with Crippen molar-refractivity contribution in [1.29, 1.82) is 0 Å². The van der Waals surface area contributed by atoms with Crippen LogP contribution in [0.2, 0.25) is 0 Å². The van der Waals surface area contributed by atoms with Crippen LogP contribution in [-0.4, -0.2) is 53.2 Å². The number of aromatic nitrogens is 2. The fourth-order valence-corrected chi connectivity index (χ4v) is 5.75. The molecule has 1 fully saturated rings. The molecule has 0 saturated carbocycles. The van der Waals surface area contributed by atoms with E-state index in [1.165, 1.54) is 12.1 Å². The molecule has 2 aliphatic rings. The predicted molar refractivity (Wildman–Crippen MR) is 148 cm³/mol. The second-order valence-corrected chi connectivity index (χ2v) is 10.9. The van der Waals surface area contributed by atoms with E-state index < -0.39 is 11.6 Å². The summed E-state index contributed by atoms with van der Waals surface area (Å²) in [7, 11) is 2.11. The normalized spacial score (nSPS) is 22.3. The van der Waals surface area contributed by atoms with Crippen LogP contribution in [0.15, 0.2) is 36.5 Å². The highest BCUT2D eigenvalue weighted by atomic mass is 19.1. The van der Waals surface area contributed by atoms with E-state index >= 15 is 8.78 Å². The Morgan fingerprint density at radius 3 is 2.49 bits per heavy atom. The third kappa shape index (κ3) is 5.41. The fraction of sp³-hybridized carbons (Fsp3) is 0.467. The van der Waals surface area contributed by atoms with E-state index in [-0.39, 0.29) is 40.7 Å². The Hall–Kier alpha value is -3.33. The van der Waals surface area contributed by atoms with E-state index in [1.54, 1.807) is 18.2 Å². The molecule has 3 heterocycles. The summed E-state index contributed by atoms with van der Waals surface area (Å²) >= 11 is 0. The molecule has 0 amide bonds. The number of fused-ring (bicyclic) bond motifs is 1. The van der Waals surface area contributed by atoms with Gasteiger partial charge in [-0.15, -0.1) is 0 Å². The van der Waals surface area contributed by atoms with Gasteiger partial charge in [0.15, 0.2) is 17.4 Å². The molecule has 2 aliphatic heterocycles. The maximum absolute atomic E-state index is 15.2. The molecule has 2 aromatic carbocycles. The zero-order chi connectivity index (χ0) is 27.8. The van der Waals surface area contributed by atoms with E-state index in [4.69, 9.17) is 4.74 Å². The van der Waals surface area contributed by atoms with Crippen molar-refractivity contribution in [3.8, 4) is 17.0 Å². The van der Waals surface area contributed by atoms with E-state index in [1.807, 2.05) is 0 Å². The number of hydrogen-bond donors (Lipinski definition) is 1. The number of rotatable bonds is 6. The Balaban J connectivity index is 1.41. The van der Waals surface area contributed by atoms with Crippen molar-refractivity contribution in [2.45, 2.75) is 71.0 Å². The molecule has 1 aromatic heterocycles. The van der Waals surface area contributed by atoms with Gasteiger partial charge in [-0.25, -0.2) is 23.1 Å². The number of benzene rings is 2. The molecule has 3 aromatic rings. The number of nitrogens with zero attached hydrogens (tertiary/aromatic N) is 4. The van der Waals surface area contributed by atoms with E-state index in [2.05, 4.69) is 59.8 Å². The van der Waals surface area contributed by atoms with E-state index in [0.717, 1.165) is 25.5 Å². The van der Waals surface area contributed by atoms with Gasteiger partial charge in [0.1, 0.15) is 18.1 Å². The maximum atomic E-state index is 15.2. The topological polar surface area (TPSA) is 53.5 Å². The molecule has 39 heavy (non-hydrogen) atoms. The van der Waals surface area contributed by atoms with Gasteiger partial charge in [0, 0.05) is 29.4 Å². The SMILES string of the molecule is CCC(C)N1CCOc2c(F)cc(-c3nc(Nc4ccc(C5CC(C)N(C)C(C)C5)c(F)c4)ncc3F)cc21. The summed E-state index contributed by atoms with van der Waals surface area (Å²) in [6.45, 7) is 9.46. The van der Waals surface area contributed by atoms with Gasteiger partial charge < -0.3 is 19.9 Å². The summed E-state index contributed by atoms with van der Waals surface area (Å²) in [6, 6.07) is 8.86. The van der Waals surface area contributed by atoms with Crippen molar-refractivity contribution in [3.05, 3.63) is 59.5 Å². The van der Waals surface area contributed by atoms with Crippen molar-refractivity contribution in [1.82, 2.24) is 14.9 Å². The molecular formula is C30H36F3N5O. The summed E-state index contributed by atoms with van der Waals surface area (Å²) < 4.78 is 50.8. The molecule has 0 spiro atoms. The molecule has 0 radical (unpaired) electrons. The first-order chi connectivity index (χ1) is 18.7. The van der Waals surface area contributed by atoms with Crippen molar-refractivity contribution in [3.63, 3.8) is 0 Å². The van der Waals surface area contributed by atoms with Crippen LogP contribution in [0, 0.1) is 17.5 Å². The third-order valence-electron chi connectivity index (χ3n) is 8.39. The molecule has 5 rings (SSSR count). The summed E-state index contributed by atoms with van der Waals surface area (Å²) in [5, 5.41) is 2.98. The number of hydrogen-bond acceptors (Lipinski definition) is 6. The predicted octanol–water partition coefficient (Wildman–Crippen LogP) is 6.89. The highest BCUT2D eigenvalue weighted by molar-refractivity contribution is 5.73. The molecule has 9 heteroatoms. The first-order valence-electron chi connectivity index (χ1n) is 13.7. The lowest BCUT2D eigenvalue weighted by Gasteiger charge is -2.40. The minimum Gasteiger partial charge on any atom is -0.486 e. The number of ether oxygens (including phenoxy) is 1. The Kier molecular flexibility index (Phi) is 7.71. The average molecular weight is 540 g/mol. The third-order valence-corrected chi connectivity index (χ3v) is 8.39. The van der Waals surface area contributed by atoms with Gasteiger partial charge in [-0.3, -0.25) is 0 Å². The second-order valence-electron chi connectivity index (χ2n) is 10.9. The number of halogens is 3. The van der Waals surface area contributed by atoms with Crippen molar-refractivity contribution in [2.75, 3.05) is 30.4 Å². The number of nitrogens with one attached hydrogen (secondary N) is 1. The van der Waals surface area contributed by atoms with Crippen molar-refractivity contribution < 1.29 is 17.9 Å². The van der Waals surface area contributed by atoms with Crippen LogP contribution in [0.25, 0.3) is 11.3 Å². The highest BCUT2D eigenvalue weighted by Gasteiger charge is 2.31. The minimum atomic E-state index is -0.682. The van der Waals surface area contributed by atoms with Gasteiger partial charge in [-0.1, -0.05) is 13.0 Å². The lowest BCUT2D eigenvalue weighted by atomic mass is 9.82. The van der Waals surface area contributed by atoms with E-state index in [0.29, 0.717) is 42.2 Å². The Labute approximate surface area is 228 Å². The molecule has 3 unspecified atom stereocenters. The molecule has 3 atom stereocenters. The van der Waals surface area contributed by atoms with Gasteiger partial charge >= 0.3 is 0 Å². The summed E-state index contributed by atoms with van der Waals surface area (Å²) in [4.78, 5) is 12.8. The van der Waals surface area contributed by atoms with Gasteiger partial charge in [-0.05, 0) is 82.8 Å². The lowest BCUT2D eigenvalue weighted by molar-refractivity contribution is 0.121. The van der Waals surface area contributed by atoms with Crippen LogP contribution >= 0.6 is 0 Å². The summed E-state index contributed by atoms with van der Waals surface area (Å²) in [6.07, 6.45) is 3.70. The van der Waals surface area contributed by atoms with Gasteiger partial charge in [0.25, 0.3) is 0 Å². The average Bonchev–Trinajstić information content (AvgIpc) is 2.92. The molecule has 6 nitrogen and oxygen atoms in total. The first-order valence-corrected chi connectivity index (χ1v) is 13.7. The highest BCUT2D eigenvalue weighted by Crippen LogP contribution is 2.40. The van der Waals surface area contributed by atoms with Crippen LogP contribution in [0.4, 0.5) is 30.5 Å². The zero-order valence-electron chi connectivity index (χ0n) is 23.1.